The molecule has 1 N–H and O–H groups in total. The van der Waals surface area contributed by atoms with Crippen LogP contribution in [0.5, 0.6) is 0 Å². The SMILES string of the molecule is CN(C)C(=O)c1ccc(NCC2CCCC2)nn1. The molecule has 1 aromatic heterocycles. The van der Waals surface area contributed by atoms with Gasteiger partial charge in [-0.1, -0.05) is 12.8 Å². The van der Waals surface area contributed by atoms with E-state index in [4.69, 9.17) is 0 Å². The Hall–Kier alpha value is -1.65. The number of amides is 1. The summed E-state index contributed by atoms with van der Waals surface area (Å²) in [6.07, 6.45) is 5.29. The third kappa shape index (κ3) is 3.18. The second kappa shape index (κ2) is 5.80. The van der Waals surface area contributed by atoms with E-state index < -0.39 is 0 Å². The Morgan fingerprint density at radius 2 is 2.06 bits per heavy atom. The van der Waals surface area contributed by atoms with E-state index >= 15 is 0 Å². The van der Waals surface area contributed by atoms with Crippen molar-refractivity contribution >= 4 is 11.7 Å². The van der Waals surface area contributed by atoms with Gasteiger partial charge in [0.25, 0.3) is 5.91 Å². The highest BCUT2D eigenvalue weighted by Gasteiger charge is 2.15. The van der Waals surface area contributed by atoms with E-state index in [1.54, 1.807) is 20.2 Å². The summed E-state index contributed by atoms with van der Waals surface area (Å²) < 4.78 is 0. The molecule has 0 aromatic carbocycles. The Labute approximate surface area is 108 Å². The molecule has 0 bridgehead atoms. The lowest BCUT2D eigenvalue weighted by atomic mass is 10.1. The fourth-order valence-electron chi connectivity index (χ4n) is 2.23. The van der Waals surface area contributed by atoms with Gasteiger partial charge in [-0.25, -0.2) is 0 Å². The fraction of sp³-hybridized carbons (Fsp3) is 0.615. The van der Waals surface area contributed by atoms with E-state index in [1.807, 2.05) is 6.07 Å². The topological polar surface area (TPSA) is 58.1 Å². The molecule has 0 aliphatic heterocycles. The first-order valence-electron chi connectivity index (χ1n) is 6.46. The molecule has 5 nitrogen and oxygen atoms in total. The molecule has 98 valence electrons. The maximum absolute atomic E-state index is 11.6. The van der Waals surface area contributed by atoms with Gasteiger partial charge < -0.3 is 10.2 Å². The summed E-state index contributed by atoms with van der Waals surface area (Å²) in [6.45, 7) is 0.954. The molecule has 1 aliphatic carbocycles. The first kappa shape index (κ1) is 12.8. The zero-order valence-corrected chi connectivity index (χ0v) is 11.0. The summed E-state index contributed by atoms with van der Waals surface area (Å²) in [4.78, 5) is 13.1. The van der Waals surface area contributed by atoms with Crippen LogP contribution in [0.1, 0.15) is 36.2 Å². The summed E-state index contributed by atoms with van der Waals surface area (Å²) in [6, 6.07) is 3.53. The van der Waals surface area contributed by atoms with Gasteiger partial charge in [-0.15, -0.1) is 10.2 Å². The minimum absolute atomic E-state index is 0.121. The van der Waals surface area contributed by atoms with E-state index in [1.165, 1.54) is 30.6 Å². The van der Waals surface area contributed by atoms with Crippen LogP contribution in [0.25, 0.3) is 0 Å². The van der Waals surface area contributed by atoms with E-state index in [2.05, 4.69) is 15.5 Å². The maximum atomic E-state index is 11.6. The molecule has 0 atom stereocenters. The van der Waals surface area contributed by atoms with Crippen LogP contribution in [-0.2, 0) is 0 Å². The van der Waals surface area contributed by atoms with Gasteiger partial charge in [0.1, 0.15) is 5.82 Å². The molecule has 0 radical (unpaired) electrons. The minimum Gasteiger partial charge on any atom is -0.368 e. The third-order valence-electron chi connectivity index (χ3n) is 3.34. The van der Waals surface area contributed by atoms with Crippen molar-refractivity contribution in [3.05, 3.63) is 17.8 Å². The first-order valence-corrected chi connectivity index (χ1v) is 6.46. The second-order valence-electron chi connectivity index (χ2n) is 5.03. The van der Waals surface area contributed by atoms with Crippen molar-refractivity contribution in [3.63, 3.8) is 0 Å². The molecule has 1 aromatic rings. The highest BCUT2D eigenvalue weighted by molar-refractivity contribution is 5.91. The lowest BCUT2D eigenvalue weighted by molar-refractivity contribution is 0.0821. The van der Waals surface area contributed by atoms with Gasteiger partial charge in [-0.3, -0.25) is 4.79 Å². The lowest BCUT2D eigenvalue weighted by Crippen LogP contribution is -2.23. The quantitative estimate of drug-likeness (QED) is 0.882. The predicted molar refractivity (Wildman–Crippen MR) is 70.5 cm³/mol. The van der Waals surface area contributed by atoms with Gasteiger partial charge in [0.15, 0.2) is 5.69 Å². The van der Waals surface area contributed by atoms with E-state index in [0.29, 0.717) is 5.69 Å². The highest BCUT2D eigenvalue weighted by Crippen LogP contribution is 2.24. The number of aromatic nitrogens is 2. The summed E-state index contributed by atoms with van der Waals surface area (Å²) in [5.74, 6) is 1.39. The molecule has 2 rings (SSSR count). The standard InChI is InChI=1S/C13H20N4O/c1-17(2)13(18)11-7-8-12(16-15-11)14-9-10-5-3-4-6-10/h7-8,10H,3-6,9H2,1-2H3,(H,14,16). The minimum atomic E-state index is -0.121. The molecule has 1 saturated carbocycles. The maximum Gasteiger partial charge on any atom is 0.273 e. The van der Waals surface area contributed by atoms with Crippen molar-refractivity contribution in [2.45, 2.75) is 25.7 Å². The van der Waals surface area contributed by atoms with Crippen LogP contribution in [0.3, 0.4) is 0 Å². The van der Waals surface area contributed by atoms with Crippen LogP contribution < -0.4 is 5.32 Å². The second-order valence-corrected chi connectivity index (χ2v) is 5.03. The molecule has 1 amide bonds. The van der Waals surface area contributed by atoms with Crippen molar-refractivity contribution in [3.8, 4) is 0 Å². The van der Waals surface area contributed by atoms with Crippen LogP contribution in [0, 0.1) is 5.92 Å². The number of nitrogens with one attached hydrogen (secondary N) is 1. The molecular weight excluding hydrogens is 228 g/mol. The zero-order chi connectivity index (χ0) is 13.0. The molecule has 5 heteroatoms. The molecular formula is C13H20N4O. The zero-order valence-electron chi connectivity index (χ0n) is 11.0. The number of hydrogen-bond donors (Lipinski definition) is 1. The molecule has 1 fully saturated rings. The number of nitrogens with zero attached hydrogens (tertiary/aromatic N) is 3. The van der Waals surface area contributed by atoms with Crippen molar-refractivity contribution in [1.82, 2.24) is 15.1 Å². The number of rotatable bonds is 4. The summed E-state index contributed by atoms with van der Waals surface area (Å²) in [5, 5.41) is 11.3. The third-order valence-corrected chi connectivity index (χ3v) is 3.34. The van der Waals surface area contributed by atoms with Gasteiger partial charge in [-0.05, 0) is 30.9 Å². The van der Waals surface area contributed by atoms with Crippen molar-refractivity contribution < 1.29 is 4.79 Å². The smallest absolute Gasteiger partial charge is 0.273 e. The summed E-state index contributed by atoms with van der Waals surface area (Å²) >= 11 is 0. The van der Waals surface area contributed by atoms with Crippen LogP contribution >= 0.6 is 0 Å². The summed E-state index contributed by atoms with van der Waals surface area (Å²) in [7, 11) is 3.41. The van der Waals surface area contributed by atoms with E-state index in [-0.39, 0.29) is 5.91 Å². The van der Waals surface area contributed by atoms with Crippen molar-refractivity contribution in [1.29, 1.82) is 0 Å². The monoisotopic (exact) mass is 248 g/mol. The normalized spacial score (nSPS) is 15.7. The number of carbonyl (C=O) groups is 1. The highest BCUT2D eigenvalue weighted by atomic mass is 16.2. The van der Waals surface area contributed by atoms with Gasteiger partial charge in [-0.2, -0.15) is 0 Å². The predicted octanol–water partition coefficient (Wildman–Crippen LogP) is 1.78. The van der Waals surface area contributed by atoms with Gasteiger partial charge in [0.2, 0.25) is 0 Å². The van der Waals surface area contributed by atoms with Gasteiger partial charge in [0.05, 0.1) is 0 Å². The fourth-order valence-corrected chi connectivity index (χ4v) is 2.23. The molecule has 0 spiro atoms. The van der Waals surface area contributed by atoms with E-state index in [0.717, 1.165) is 18.3 Å². The van der Waals surface area contributed by atoms with E-state index in [9.17, 15) is 4.79 Å². The van der Waals surface area contributed by atoms with Crippen molar-refractivity contribution in [2.75, 3.05) is 26.0 Å². The summed E-state index contributed by atoms with van der Waals surface area (Å²) in [5.41, 5.74) is 0.381. The van der Waals surface area contributed by atoms with Crippen LogP contribution in [0.2, 0.25) is 0 Å². The van der Waals surface area contributed by atoms with Crippen LogP contribution in [0.15, 0.2) is 12.1 Å². The Morgan fingerprint density at radius 3 is 2.61 bits per heavy atom. The Kier molecular flexibility index (Phi) is 4.12. The number of anilines is 1. The largest absolute Gasteiger partial charge is 0.368 e. The van der Waals surface area contributed by atoms with Gasteiger partial charge >= 0.3 is 0 Å². The first-order chi connectivity index (χ1) is 8.66. The number of carbonyl (C=O) groups excluding carboxylic acids is 1. The average molecular weight is 248 g/mol. The van der Waals surface area contributed by atoms with Crippen LogP contribution in [-0.4, -0.2) is 41.6 Å². The van der Waals surface area contributed by atoms with Crippen LogP contribution in [0.4, 0.5) is 5.82 Å². The van der Waals surface area contributed by atoms with Gasteiger partial charge in [0, 0.05) is 20.6 Å². The molecule has 1 heterocycles. The molecule has 0 saturated heterocycles. The molecule has 1 aliphatic rings. The Morgan fingerprint density at radius 1 is 1.33 bits per heavy atom. The number of hydrogen-bond acceptors (Lipinski definition) is 4. The lowest BCUT2D eigenvalue weighted by Gasteiger charge is -2.11. The Balaban J connectivity index is 1.89. The molecule has 18 heavy (non-hydrogen) atoms. The molecule has 0 unspecified atom stereocenters. The average Bonchev–Trinajstić information content (AvgIpc) is 2.89. The Bertz CT molecular complexity index is 396. The van der Waals surface area contributed by atoms with Crippen molar-refractivity contribution in [2.24, 2.45) is 5.92 Å².